The second-order valence-electron chi connectivity index (χ2n) is 5.31. The van der Waals surface area contributed by atoms with Gasteiger partial charge in [-0.15, -0.1) is 0 Å². The number of rotatable bonds is 7. The first-order valence-corrected chi connectivity index (χ1v) is 7.69. The van der Waals surface area contributed by atoms with Crippen LogP contribution in [0.5, 0.6) is 0 Å². The lowest BCUT2D eigenvalue weighted by Gasteiger charge is -2.35. The van der Waals surface area contributed by atoms with E-state index in [2.05, 4.69) is 5.32 Å². The Kier molecular flexibility index (Phi) is 8.02. The van der Waals surface area contributed by atoms with Crippen molar-refractivity contribution in [3.8, 4) is 0 Å². The quantitative estimate of drug-likeness (QED) is 0.551. The zero-order valence-electron chi connectivity index (χ0n) is 12.3. The largest absolute Gasteiger partial charge is 0.391 e. The number of hydrogen-bond acceptors (Lipinski definition) is 4. The molecule has 1 rings (SSSR count). The lowest BCUT2D eigenvalue weighted by atomic mass is 9.83. The molecule has 0 heterocycles. The molecule has 0 aromatic heterocycles. The summed E-state index contributed by atoms with van der Waals surface area (Å²) < 4.78 is 10.1. The van der Waals surface area contributed by atoms with E-state index in [1.54, 1.807) is 7.11 Å². The fourth-order valence-electron chi connectivity index (χ4n) is 2.55. The highest BCUT2D eigenvalue weighted by atomic mass is 32.1. The average Bonchev–Trinajstić information content (AvgIpc) is 2.38. The Morgan fingerprint density at radius 3 is 2.35 bits per heavy atom. The van der Waals surface area contributed by atoms with Crippen molar-refractivity contribution < 1.29 is 14.3 Å². The molecular formula is C14H26N2O3S. The van der Waals surface area contributed by atoms with Gasteiger partial charge in [0.25, 0.3) is 0 Å². The van der Waals surface area contributed by atoms with Crippen LogP contribution in [0.2, 0.25) is 0 Å². The summed E-state index contributed by atoms with van der Waals surface area (Å²) in [5, 5.41) is 3.01. The van der Waals surface area contributed by atoms with E-state index >= 15 is 0 Å². The van der Waals surface area contributed by atoms with Gasteiger partial charge in [0.15, 0.2) is 0 Å². The molecule has 6 heteroatoms. The number of hydrogen-bond donors (Lipinski definition) is 2. The minimum Gasteiger partial charge on any atom is -0.391 e. The van der Waals surface area contributed by atoms with Crippen LogP contribution in [-0.2, 0) is 14.3 Å². The summed E-state index contributed by atoms with van der Waals surface area (Å²) in [5.74, 6) is -0.158. The van der Waals surface area contributed by atoms with Crippen LogP contribution in [0.25, 0.3) is 0 Å². The number of carbonyl (C=O) groups is 1. The first-order chi connectivity index (χ1) is 9.60. The van der Waals surface area contributed by atoms with Crippen molar-refractivity contribution in [2.24, 2.45) is 5.73 Å². The molecule has 3 N–H and O–H groups in total. The molecule has 1 fully saturated rings. The molecule has 0 bridgehead atoms. The van der Waals surface area contributed by atoms with E-state index in [1.807, 2.05) is 0 Å². The van der Waals surface area contributed by atoms with Crippen LogP contribution in [0.3, 0.4) is 0 Å². The van der Waals surface area contributed by atoms with Gasteiger partial charge in [-0.3, -0.25) is 4.79 Å². The fraction of sp³-hybridized carbons (Fsp3) is 0.857. The van der Waals surface area contributed by atoms with Crippen molar-refractivity contribution >= 4 is 23.1 Å². The maximum atomic E-state index is 12.0. The summed E-state index contributed by atoms with van der Waals surface area (Å²) >= 11 is 5.21. The van der Waals surface area contributed by atoms with Gasteiger partial charge in [-0.25, -0.2) is 0 Å². The summed E-state index contributed by atoms with van der Waals surface area (Å²) in [4.78, 5) is 12.4. The van der Waals surface area contributed by atoms with Gasteiger partial charge in [0.2, 0.25) is 5.91 Å². The molecule has 0 saturated heterocycles. The van der Waals surface area contributed by atoms with Gasteiger partial charge in [0.05, 0.1) is 23.7 Å². The number of methoxy groups -OCH3 is 1. The lowest BCUT2D eigenvalue weighted by molar-refractivity contribution is -0.127. The zero-order chi connectivity index (χ0) is 14.8. The molecule has 1 aliphatic rings. The topological polar surface area (TPSA) is 73.6 Å². The Hall–Kier alpha value is -0.720. The van der Waals surface area contributed by atoms with Crippen molar-refractivity contribution in [3.63, 3.8) is 0 Å². The van der Waals surface area contributed by atoms with Gasteiger partial charge in [-0.05, 0) is 12.8 Å². The maximum Gasteiger partial charge on any atom is 0.246 e. The van der Waals surface area contributed by atoms with E-state index in [4.69, 9.17) is 27.4 Å². The zero-order valence-corrected chi connectivity index (χ0v) is 13.1. The van der Waals surface area contributed by atoms with Crippen LogP contribution in [0.15, 0.2) is 0 Å². The van der Waals surface area contributed by atoms with Gasteiger partial charge < -0.3 is 20.5 Å². The molecular weight excluding hydrogens is 276 g/mol. The third kappa shape index (κ3) is 5.73. The smallest absolute Gasteiger partial charge is 0.246 e. The van der Waals surface area contributed by atoms with E-state index < -0.39 is 5.54 Å². The predicted octanol–water partition coefficient (Wildman–Crippen LogP) is 1.53. The molecule has 0 aliphatic heterocycles. The second-order valence-corrected chi connectivity index (χ2v) is 5.75. The van der Waals surface area contributed by atoms with Crippen LogP contribution >= 0.6 is 12.2 Å². The van der Waals surface area contributed by atoms with Crippen LogP contribution in [0.4, 0.5) is 0 Å². The summed E-state index contributed by atoms with van der Waals surface area (Å²) in [5.41, 5.74) is 5.37. The van der Waals surface area contributed by atoms with E-state index in [1.165, 1.54) is 19.3 Å². The molecule has 0 atom stereocenters. The van der Waals surface area contributed by atoms with Crippen molar-refractivity contribution in [3.05, 3.63) is 0 Å². The highest BCUT2D eigenvalue weighted by Gasteiger charge is 2.34. The van der Waals surface area contributed by atoms with Crippen molar-refractivity contribution in [1.29, 1.82) is 0 Å². The molecule has 5 nitrogen and oxygen atoms in total. The molecule has 0 aromatic rings. The highest BCUT2D eigenvalue weighted by molar-refractivity contribution is 7.80. The van der Waals surface area contributed by atoms with Crippen molar-refractivity contribution in [1.82, 2.24) is 5.32 Å². The molecule has 116 valence electrons. The summed E-state index contributed by atoms with van der Waals surface area (Å²) in [6.45, 7) is 0.908. The third-order valence-corrected chi connectivity index (χ3v) is 4.11. The van der Waals surface area contributed by atoms with Crippen LogP contribution in [-0.4, -0.2) is 43.4 Å². The third-order valence-electron chi connectivity index (χ3n) is 3.72. The summed E-state index contributed by atoms with van der Waals surface area (Å²) in [7, 11) is 1.60. The summed E-state index contributed by atoms with van der Waals surface area (Å²) in [6, 6.07) is 0. The predicted molar refractivity (Wildman–Crippen MR) is 82.7 cm³/mol. The Morgan fingerprint density at radius 1 is 1.20 bits per heavy atom. The first kappa shape index (κ1) is 17.3. The fourth-order valence-corrected chi connectivity index (χ4v) is 2.81. The SMILES string of the molecule is COCCOCC(=O)NC1(C(N)=S)CCCCCCC1. The molecule has 1 aliphatic carbocycles. The number of ether oxygens (including phenoxy) is 2. The Labute approximate surface area is 126 Å². The van der Waals surface area contributed by atoms with Crippen LogP contribution < -0.4 is 11.1 Å². The number of nitrogens with two attached hydrogens (primary N) is 1. The highest BCUT2D eigenvalue weighted by Crippen LogP contribution is 2.26. The number of amides is 1. The van der Waals surface area contributed by atoms with E-state index in [0.717, 1.165) is 25.7 Å². The van der Waals surface area contributed by atoms with Gasteiger partial charge in [-0.1, -0.05) is 44.3 Å². The molecule has 1 saturated carbocycles. The molecule has 0 spiro atoms. The maximum absolute atomic E-state index is 12.0. The number of nitrogens with one attached hydrogen (secondary N) is 1. The number of carbonyl (C=O) groups excluding carboxylic acids is 1. The monoisotopic (exact) mass is 302 g/mol. The van der Waals surface area contributed by atoms with Crippen LogP contribution in [0.1, 0.15) is 44.9 Å². The average molecular weight is 302 g/mol. The molecule has 0 aromatic carbocycles. The molecule has 20 heavy (non-hydrogen) atoms. The van der Waals surface area contributed by atoms with E-state index in [9.17, 15) is 4.79 Å². The van der Waals surface area contributed by atoms with Crippen molar-refractivity contribution in [2.75, 3.05) is 26.9 Å². The van der Waals surface area contributed by atoms with E-state index in [0.29, 0.717) is 18.2 Å². The van der Waals surface area contributed by atoms with Crippen molar-refractivity contribution in [2.45, 2.75) is 50.5 Å². The Balaban J connectivity index is 2.51. The van der Waals surface area contributed by atoms with E-state index in [-0.39, 0.29) is 12.5 Å². The normalized spacial score (nSPS) is 18.9. The van der Waals surface area contributed by atoms with Gasteiger partial charge in [-0.2, -0.15) is 0 Å². The molecule has 0 unspecified atom stereocenters. The molecule has 0 radical (unpaired) electrons. The van der Waals surface area contributed by atoms with Crippen LogP contribution in [0, 0.1) is 0 Å². The number of thiocarbonyl (C=S) groups is 1. The minimum atomic E-state index is -0.530. The standard InChI is InChI=1S/C14H26N2O3S/c1-18-9-10-19-11-12(17)16-14(13(15)20)7-5-3-2-4-6-8-14/h2-11H2,1H3,(H2,15,20)(H,16,17). The van der Waals surface area contributed by atoms with Gasteiger partial charge >= 0.3 is 0 Å². The Bertz CT molecular complexity index is 316. The molecule has 1 amide bonds. The minimum absolute atomic E-state index is 0.0216. The van der Waals surface area contributed by atoms with Gasteiger partial charge in [0.1, 0.15) is 6.61 Å². The second kappa shape index (κ2) is 9.26. The Morgan fingerprint density at radius 2 is 1.80 bits per heavy atom. The lowest BCUT2D eigenvalue weighted by Crippen LogP contribution is -2.57. The first-order valence-electron chi connectivity index (χ1n) is 7.28. The summed E-state index contributed by atoms with van der Waals surface area (Å²) in [6.07, 6.45) is 7.33. The van der Waals surface area contributed by atoms with Gasteiger partial charge in [0, 0.05) is 7.11 Å².